The molecule has 0 unspecified atom stereocenters. The second-order valence-electron chi connectivity index (χ2n) is 2.97. The number of benzene rings is 1. The fourth-order valence-corrected chi connectivity index (χ4v) is 1.58. The lowest BCUT2D eigenvalue weighted by atomic mass is 10.2. The van der Waals surface area contributed by atoms with Crippen molar-refractivity contribution in [1.82, 2.24) is 0 Å². The SMILES string of the molecule is N#CCN(CC#N)c1ccc(CBr)cc1. The molecule has 0 bridgehead atoms. The minimum Gasteiger partial charge on any atom is -0.345 e. The van der Waals surface area contributed by atoms with E-state index in [4.69, 9.17) is 10.5 Å². The van der Waals surface area contributed by atoms with Crippen LogP contribution in [0.3, 0.4) is 0 Å². The molecule has 0 amide bonds. The van der Waals surface area contributed by atoms with E-state index in [0.717, 1.165) is 11.0 Å². The number of rotatable bonds is 4. The van der Waals surface area contributed by atoms with Crippen LogP contribution < -0.4 is 4.90 Å². The molecule has 0 aromatic heterocycles. The van der Waals surface area contributed by atoms with Gasteiger partial charge in [0.25, 0.3) is 0 Å². The second-order valence-corrected chi connectivity index (χ2v) is 3.53. The topological polar surface area (TPSA) is 50.8 Å². The van der Waals surface area contributed by atoms with Crippen LogP contribution in [0, 0.1) is 22.7 Å². The Morgan fingerprint density at radius 3 is 2.00 bits per heavy atom. The molecule has 0 saturated carbocycles. The Kier molecular flexibility index (Phi) is 4.66. The molecule has 0 atom stereocenters. The van der Waals surface area contributed by atoms with E-state index < -0.39 is 0 Å². The third-order valence-corrected chi connectivity index (χ3v) is 2.63. The van der Waals surface area contributed by atoms with Crippen LogP contribution in [0.1, 0.15) is 5.56 Å². The van der Waals surface area contributed by atoms with Crippen LogP contribution >= 0.6 is 15.9 Å². The average Bonchev–Trinajstić information content (AvgIpc) is 2.29. The first-order chi connectivity index (χ1) is 7.31. The lowest BCUT2D eigenvalue weighted by Crippen LogP contribution is -2.23. The highest BCUT2D eigenvalue weighted by Gasteiger charge is 2.04. The first kappa shape index (κ1) is 11.6. The van der Waals surface area contributed by atoms with Crippen LogP contribution in [0.25, 0.3) is 0 Å². The Morgan fingerprint density at radius 1 is 1.07 bits per heavy atom. The maximum atomic E-state index is 8.62. The molecule has 1 rings (SSSR count). The molecule has 0 saturated heterocycles. The molecular weight excluding hydrogens is 254 g/mol. The van der Waals surface area contributed by atoms with Gasteiger partial charge in [0, 0.05) is 11.0 Å². The van der Waals surface area contributed by atoms with E-state index >= 15 is 0 Å². The van der Waals surface area contributed by atoms with E-state index in [0.29, 0.717) is 0 Å². The summed E-state index contributed by atoms with van der Waals surface area (Å²) in [5.74, 6) is 0. The molecule has 0 heterocycles. The number of halogens is 1. The molecule has 0 fully saturated rings. The zero-order valence-electron chi connectivity index (χ0n) is 8.15. The van der Waals surface area contributed by atoms with Crippen molar-refractivity contribution >= 4 is 21.6 Å². The zero-order valence-corrected chi connectivity index (χ0v) is 9.74. The maximum Gasteiger partial charge on any atom is 0.106 e. The number of hydrogen-bond donors (Lipinski definition) is 0. The zero-order chi connectivity index (χ0) is 11.1. The van der Waals surface area contributed by atoms with Crippen LogP contribution in [0.4, 0.5) is 5.69 Å². The van der Waals surface area contributed by atoms with Crippen molar-refractivity contribution in [3.05, 3.63) is 29.8 Å². The minimum absolute atomic E-state index is 0.237. The summed E-state index contributed by atoms with van der Waals surface area (Å²) in [6.45, 7) is 0.475. The van der Waals surface area contributed by atoms with Crippen molar-refractivity contribution in [2.24, 2.45) is 0 Å². The molecule has 0 aliphatic heterocycles. The van der Waals surface area contributed by atoms with Gasteiger partial charge in [0.2, 0.25) is 0 Å². The highest BCUT2D eigenvalue weighted by Crippen LogP contribution is 2.16. The summed E-state index contributed by atoms with van der Waals surface area (Å²) in [6, 6.07) is 11.9. The Labute approximate surface area is 97.7 Å². The first-order valence-corrected chi connectivity index (χ1v) is 5.57. The monoisotopic (exact) mass is 263 g/mol. The van der Waals surface area contributed by atoms with Crippen molar-refractivity contribution in [3.8, 4) is 12.1 Å². The lowest BCUT2D eigenvalue weighted by molar-refractivity contribution is 0.966. The van der Waals surface area contributed by atoms with Crippen LogP contribution in [0.15, 0.2) is 24.3 Å². The van der Waals surface area contributed by atoms with E-state index in [-0.39, 0.29) is 13.1 Å². The summed E-state index contributed by atoms with van der Waals surface area (Å²) in [5, 5.41) is 18.0. The maximum absolute atomic E-state index is 8.62. The van der Waals surface area contributed by atoms with Crippen molar-refractivity contribution in [2.45, 2.75) is 5.33 Å². The molecule has 15 heavy (non-hydrogen) atoms. The molecule has 3 nitrogen and oxygen atoms in total. The van der Waals surface area contributed by atoms with Gasteiger partial charge in [0.15, 0.2) is 0 Å². The minimum atomic E-state index is 0.237. The van der Waals surface area contributed by atoms with Crippen molar-refractivity contribution in [2.75, 3.05) is 18.0 Å². The number of hydrogen-bond acceptors (Lipinski definition) is 3. The predicted molar refractivity (Wildman–Crippen MR) is 62.5 cm³/mol. The fraction of sp³-hybridized carbons (Fsp3) is 0.273. The molecule has 1 aromatic rings. The summed E-state index contributed by atoms with van der Waals surface area (Å²) in [6.07, 6.45) is 0. The van der Waals surface area contributed by atoms with Gasteiger partial charge < -0.3 is 4.90 Å². The molecular formula is C11H10BrN3. The van der Waals surface area contributed by atoms with E-state index in [1.165, 1.54) is 5.56 Å². The normalized spacial score (nSPS) is 9.00. The van der Waals surface area contributed by atoms with Gasteiger partial charge in [-0.25, -0.2) is 0 Å². The summed E-state index contributed by atoms with van der Waals surface area (Å²) in [4.78, 5) is 1.73. The Hall–Kier alpha value is -1.52. The summed E-state index contributed by atoms with van der Waals surface area (Å²) < 4.78 is 0. The third kappa shape index (κ3) is 3.27. The first-order valence-electron chi connectivity index (χ1n) is 4.45. The lowest BCUT2D eigenvalue weighted by Gasteiger charge is -2.17. The average molecular weight is 264 g/mol. The number of alkyl halides is 1. The smallest absolute Gasteiger partial charge is 0.106 e. The number of anilines is 1. The van der Waals surface area contributed by atoms with Crippen LogP contribution in [-0.4, -0.2) is 13.1 Å². The van der Waals surface area contributed by atoms with Crippen LogP contribution in [0.2, 0.25) is 0 Å². The summed E-state index contributed by atoms with van der Waals surface area (Å²) >= 11 is 3.36. The summed E-state index contributed by atoms with van der Waals surface area (Å²) in [7, 11) is 0. The molecule has 0 aliphatic rings. The molecule has 1 aromatic carbocycles. The third-order valence-electron chi connectivity index (χ3n) is 1.98. The highest BCUT2D eigenvalue weighted by molar-refractivity contribution is 9.08. The van der Waals surface area contributed by atoms with E-state index in [1.807, 2.05) is 36.4 Å². The highest BCUT2D eigenvalue weighted by atomic mass is 79.9. The van der Waals surface area contributed by atoms with Gasteiger partial charge in [-0.2, -0.15) is 10.5 Å². The molecule has 0 radical (unpaired) electrons. The van der Waals surface area contributed by atoms with Gasteiger partial charge in [-0.3, -0.25) is 0 Å². The van der Waals surface area contributed by atoms with Crippen molar-refractivity contribution in [1.29, 1.82) is 10.5 Å². The second kappa shape index (κ2) is 6.06. The molecule has 0 spiro atoms. The molecule has 76 valence electrons. The Bertz CT molecular complexity index is 370. The quantitative estimate of drug-likeness (QED) is 0.620. The van der Waals surface area contributed by atoms with Gasteiger partial charge >= 0.3 is 0 Å². The summed E-state index contributed by atoms with van der Waals surface area (Å²) in [5.41, 5.74) is 2.08. The number of nitriles is 2. The molecule has 0 N–H and O–H groups in total. The van der Waals surface area contributed by atoms with Crippen LogP contribution in [-0.2, 0) is 5.33 Å². The van der Waals surface area contributed by atoms with Crippen molar-refractivity contribution < 1.29 is 0 Å². The Morgan fingerprint density at radius 2 is 1.60 bits per heavy atom. The van der Waals surface area contributed by atoms with Gasteiger partial charge in [-0.05, 0) is 17.7 Å². The molecule has 4 heteroatoms. The van der Waals surface area contributed by atoms with Gasteiger partial charge in [0.05, 0.1) is 12.1 Å². The van der Waals surface area contributed by atoms with Gasteiger partial charge in [0.1, 0.15) is 13.1 Å². The van der Waals surface area contributed by atoms with Crippen molar-refractivity contribution in [3.63, 3.8) is 0 Å². The van der Waals surface area contributed by atoms with E-state index in [2.05, 4.69) is 15.9 Å². The van der Waals surface area contributed by atoms with Gasteiger partial charge in [-0.1, -0.05) is 28.1 Å². The standard InChI is InChI=1S/C11H10BrN3/c12-9-10-1-3-11(4-2-10)15(7-5-13)8-6-14/h1-4H,7-9H2. The molecule has 0 aliphatic carbocycles. The Balaban J connectivity index is 2.83. The van der Waals surface area contributed by atoms with E-state index in [9.17, 15) is 0 Å². The van der Waals surface area contributed by atoms with E-state index in [1.54, 1.807) is 4.90 Å². The predicted octanol–water partition coefficient (Wildman–Crippen LogP) is 2.44. The largest absolute Gasteiger partial charge is 0.345 e. The van der Waals surface area contributed by atoms with Crippen LogP contribution in [0.5, 0.6) is 0 Å². The fourth-order valence-electron chi connectivity index (χ4n) is 1.21. The number of nitrogens with zero attached hydrogens (tertiary/aromatic N) is 3. The van der Waals surface area contributed by atoms with Gasteiger partial charge in [-0.15, -0.1) is 0 Å².